The molecule has 2 aliphatic rings. The van der Waals surface area contributed by atoms with Gasteiger partial charge in [-0.05, 0) is 86.1 Å². The second kappa shape index (κ2) is 11.5. The van der Waals surface area contributed by atoms with Gasteiger partial charge < -0.3 is 15.5 Å². The Hall–Kier alpha value is -3.45. The summed E-state index contributed by atoms with van der Waals surface area (Å²) in [6.07, 6.45) is 8.18. The Morgan fingerprint density at radius 1 is 1.05 bits per heavy atom. The van der Waals surface area contributed by atoms with E-state index in [9.17, 15) is 14.0 Å². The van der Waals surface area contributed by atoms with Crippen LogP contribution in [-0.2, 0) is 6.42 Å². The summed E-state index contributed by atoms with van der Waals surface area (Å²) in [5.41, 5.74) is 4.59. The number of fused-ring (bicyclic) bond motifs is 1. The second-order valence-corrected chi connectivity index (χ2v) is 10.6. The Morgan fingerprint density at radius 3 is 2.58 bits per heavy atom. The first-order chi connectivity index (χ1) is 18.4. The molecule has 6 nitrogen and oxygen atoms in total. The fourth-order valence-electron chi connectivity index (χ4n) is 5.53. The summed E-state index contributed by atoms with van der Waals surface area (Å²) in [5.74, 6) is -1.18. The van der Waals surface area contributed by atoms with Crippen molar-refractivity contribution in [2.24, 2.45) is 0 Å². The molecule has 0 bridgehead atoms. The molecule has 1 fully saturated rings. The van der Waals surface area contributed by atoms with Gasteiger partial charge in [-0.25, -0.2) is 4.39 Å². The molecule has 1 aromatic heterocycles. The maximum Gasteiger partial charge on any atom is 0.255 e. The fourth-order valence-corrected chi connectivity index (χ4v) is 5.76. The standard InChI is InChI=1S/C30H32ClFN4O2/c1-19-5-8-26(32)27(28(19)31)30(38)34-18-22-4-2-3-20-6-7-21(17-25(20)22)29(37)35-23-11-15-36(16-12-23)24-9-13-33-14-10-24/h5-10,13-14,17,22-23H,2-4,11-12,15-16,18H2,1H3,(H,34,38)(H,35,37). The Kier molecular flexibility index (Phi) is 7.93. The summed E-state index contributed by atoms with van der Waals surface area (Å²) < 4.78 is 14.3. The van der Waals surface area contributed by atoms with Crippen LogP contribution in [0.3, 0.4) is 0 Å². The Morgan fingerprint density at radius 2 is 1.82 bits per heavy atom. The van der Waals surface area contributed by atoms with Gasteiger partial charge in [-0.1, -0.05) is 23.7 Å². The number of carbonyl (C=O) groups excluding carboxylic acids is 2. The molecule has 2 N–H and O–H groups in total. The molecule has 0 saturated carbocycles. The van der Waals surface area contributed by atoms with Crippen LogP contribution < -0.4 is 15.5 Å². The topological polar surface area (TPSA) is 74.3 Å². The number of piperidine rings is 1. The summed E-state index contributed by atoms with van der Waals surface area (Å²) in [6.45, 7) is 3.86. The highest BCUT2D eigenvalue weighted by atomic mass is 35.5. The lowest BCUT2D eigenvalue weighted by molar-refractivity contribution is 0.0926. The third-order valence-electron chi connectivity index (χ3n) is 7.72. The highest BCUT2D eigenvalue weighted by Crippen LogP contribution is 2.32. The molecule has 8 heteroatoms. The predicted octanol–water partition coefficient (Wildman–Crippen LogP) is 5.43. The number of benzene rings is 2. The van der Waals surface area contributed by atoms with Crippen LogP contribution in [0, 0.1) is 12.7 Å². The van der Waals surface area contributed by atoms with Crippen molar-refractivity contribution in [2.45, 2.75) is 51.0 Å². The molecule has 1 atom stereocenters. The van der Waals surface area contributed by atoms with Gasteiger partial charge in [0.25, 0.3) is 11.8 Å². The summed E-state index contributed by atoms with van der Waals surface area (Å²) in [7, 11) is 0. The van der Waals surface area contributed by atoms with Crippen molar-refractivity contribution >= 4 is 29.1 Å². The fraction of sp³-hybridized carbons (Fsp3) is 0.367. The number of aromatic nitrogens is 1. The van der Waals surface area contributed by atoms with E-state index < -0.39 is 11.7 Å². The summed E-state index contributed by atoms with van der Waals surface area (Å²) in [6, 6.07) is 12.9. The number of hydrogen-bond acceptors (Lipinski definition) is 4. The smallest absolute Gasteiger partial charge is 0.255 e. The number of halogens is 2. The zero-order chi connectivity index (χ0) is 26.6. The molecule has 1 aliphatic heterocycles. The molecule has 0 radical (unpaired) electrons. The molecule has 5 rings (SSSR count). The maximum atomic E-state index is 14.3. The summed E-state index contributed by atoms with van der Waals surface area (Å²) in [5, 5.41) is 6.23. The molecular formula is C30H32ClFN4O2. The second-order valence-electron chi connectivity index (χ2n) is 10.2. The van der Waals surface area contributed by atoms with Gasteiger partial charge in [0, 0.05) is 55.2 Å². The van der Waals surface area contributed by atoms with Gasteiger partial charge in [0.15, 0.2) is 0 Å². The lowest BCUT2D eigenvalue weighted by Crippen LogP contribution is -2.44. The average molecular weight is 535 g/mol. The SMILES string of the molecule is Cc1ccc(F)c(C(=O)NCC2CCCc3ccc(C(=O)NC4CCN(c5ccncc5)CC4)cc32)c1Cl. The van der Waals surface area contributed by atoms with Crippen LogP contribution >= 0.6 is 11.6 Å². The molecule has 0 spiro atoms. The highest BCUT2D eigenvalue weighted by molar-refractivity contribution is 6.34. The molecule has 3 aromatic rings. The Labute approximate surface area is 227 Å². The van der Waals surface area contributed by atoms with E-state index in [4.69, 9.17) is 11.6 Å². The van der Waals surface area contributed by atoms with Crippen LogP contribution in [0.15, 0.2) is 54.9 Å². The number of nitrogens with zero attached hydrogens (tertiary/aromatic N) is 2. The lowest BCUT2D eigenvalue weighted by Gasteiger charge is -2.34. The molecule has 1 unspecified atom stereocenters. The van der Waals surface area contributed by atoms with E-state index >= 15 is 0 Å². The van der Waals surface area contributed by atoms with E-state index in [1.807, 2.05) is 30.3 Å². The largest absolute Gasteiger partial charge is 0.371 e. The maximum absolute atomic E-state index is 14.3. The predicted molar refractivity (Wildman–Crippen MR) is 148 cm³/mol. The number of amides is 2. The van der Waals surface area contributed by atoms with Crippen LogP contribution in [0.4, 0.5) is 10.1 Å². The quantitative estimate of drug-likeness (QED) is 0.442. The first-order valence-electron chi connectivity index (χ1n) is 13.2. The third-order valence-corrected chi connectivity index (χ3v) is 8.21. The van der Waals surface area contributed by atoms with Crippen LogP contribution in [0.25, 0.3) is 0 Å². The minimum Gasteiger partial charge on any atom is -0.371 e. The van der Waals surface area contributed by atoms with E-state index in [0.717, 1.165) is 56.4 Å². The van der Waals surface area contributed by atoms with Crippen LogP contribution in [0.1, 0.15) is 69.0 Å². The monoisotopic (exact) mass is 534 g/mol. The van der Waals surface area contributed by atoms with Gasteiger partial charge >= 0.3 is 0 Å². The van der Waals surface area contributed by atoms with E-state index in [1.54, 1.807) is 25.4 Å². The van der Waals surface area contributed by atoms with Crippen LogP contribution in [-0.4, -0.2) is 42.5 Å². The first kappa shape index (κ1) is 26.2. The lowest BCUT2D eigenvalue weighted by atomic mass is 9.81. The van der Waals surface area contributed by atoms with Crippen molar-refractivity contribution < 1.29 is 14.0 Å². The van der Waals surface area contributed by atoms with Crippen LogP contribution in [0.5, 0.6) is 0 Å². The van der Waals surface area contributed by atoms with Gasteiger partial charge in [0.05, 0.1) is 10.6 Å². The number of anilines is 1. The molecule has 198 valence electrons. The van der Waals surface area contributed by atoms with Crippen molar-refractivity contribution in [3.8, 4) is 0 Å². The van der Waals surface area contributed by atoms with E-state index in [2.05, 4.69) is 20.5 Å². The van der Waals surface area contributed by atoms with E-state index in [1.165, 1.54) is 11.6 Å². The molecule has 2 heterocycles. The Bertz CT molecular complexity index is 1330. The zero-order valence-electron chi connectivity index (χ0n) is 21.5. The summed E-state index contributed by atoms with van der Waals surface area (Å²) in [4.78, 5) is 32.4. The molecule has 2 amide bonds. The minimum absolute atomic E-state index is 0.0469. The number of aryl methyl sites for hydroxylation is 2. The molecule has 1 aliphatic carbocycles. The number of nitrogens with one attached hydrogen (secondary N) is 2. The van der Waals surface area contributed by atoms with Crippen molar-refractivity contribution in [2.75, 3.05) is 24.5 Å². The molecule has 2 aromatic carbocycles. The van der Waals surface area contributed by atoms with Crippen molar-refractivity contribution in [3.05, 3.63) is 93.5 Å². The number of rotatable bonds is 6. The number of carbonyl (C=O) groups is 2. The normalized spacial score (nSPS) is 17.6. The van der Waals surface area contributed by atoms with E-state index in [-0.39, 0.29) is 28.5 Å². The molecule has 38 heavy (non-hydrogen) atoms. The average Bonchev–Trinajstić information content (AvgIpc) is 2.94. The third kappa shape index (κ3) is 5.68. The van der Waals surface area contributed by atoms with Gasteiger partial charge in [-0.2, -0.15) is 0 Å². The van der Waals surface area contributed by atoms with Crippen molar-refractivity contribution in [1.82, 2.24) is 15.6 Å². The molecule has 1 saturated heterocycles. The van der Waals surface area contributed by atoms with Gasteiger partial charge in [0.2, 0.25) is 0 Å². The van der Waals surface area contributed by atoms with E-state index in [0.29, 0.717) is 17.7 Å². The minimum atomic E-state index is -0.632. The van der Waals surface area contributed by atoms with Crippen LogP contribution in [0.2, 0.25) is 5.02 Å². The van der Waals surface area contributed by atoms with Crippen molar-refractivity contribution in [3.63, 3.8) is 0 Å². The number of pyridine rings is 1. The highest BCUT2D eigenvalue weighted by Gasteiger charge is 2.26. The molecular weight excluding hydrogens is 503 g/mol. The van der Waals surface area contributed by atoms with Gasteiger partial charge in [0.1, 0.15) is 5.82 Å². The van der Waals surface area contributed by atoms with Crippen molar-refractivity contribution in [1.29, 1.82) is 0 Å². The van der Waals surface area contributed by atoms with Gasteiger partial charge in [-0.15, -0.1) is 0 Å². The van der Waals surface area contributed by atoms with Gasteiger partial charge in [-0.3, -0.25) is 14.6 Å². The Balaban J connectivity index is 1.22. The number of hydrogen-bond donors (Lipinski definition) is 2. The summed E-state index contributed by atoms with van der Waals surface area (Å²) >= 11 is 6.22. The zero-order valence-corrected chi connectivity index (χ0v) is 22.2. The first-order valence-corrected chi connectivity index (χ1v) is 13.6.